The molecule has 0 fully saturated rings. The molecule has 0 bridgehead atoms. The molecule has 0 aromatic heterocycles. The van der Waals surface area contributed by atoms with Crippen molar-refractivity contribution in [1.82, 2.24) is 4.31 Å². The number of ether oxygens (including phenoxy) is 1. The summed E-state index contributed by atoms with van der Waals surface area (Å²) < 4.78 is 31.1. The number of nitrogens with one attached hydrogen (secondary N) is 1. The number of sulfonamides is 1. The second-order valence-electron chi connectivity index (χ2n) is 6.21. The predicted octanol–water partition coefficient (Wildman–Crippen LogP) is 3.98. The summed E-state index contributed by atoms with van der Waals surface area (Å²) in [5.74, 6) is 0.908. The average Bonchev–Trinajstić information content (AvgIpc) is 2.69. The molecule has 0 unspecified atom stereocenters. The van der Waals surface area contributed by atoms with Crippen molar-refractivity contribution in [2.75, 3.05) is 19.4 Å². The van der Waals surface area contributed by atoms with E-state index in [9.17, 15) is 13.2 Å². The van der Waals surface area contributed by atoms with Crippen LogP contribution in [0.5, 0.6) is 11.5 Å². The first-order valence-corrected chi connectivity index (χ1v) is 9.97. The van der Waals surface area contributed by atoms with Crippen LogP contribution in [0, 0.1) is 0 Å². The molecule has 0 aliphatic rings. The van der Waals surface area contributed by atoms with Gasteiger partial charge in [-0.05, 0) is 54.6 Å². The Morgan fingerprint density at radius 3 is 2.14 bits per heavy atom. The number of hydrogen-bond donors (Lipinski definition) is 1. The molecule has 28 heavy (non-hydrogen) atoms. The van der Waals surface area contributed by atoms with E-state index in [2.05, 4.69) is 5.32 Å². The maximum absolute atomic E-state index is 12.5. The first-order valence-electron chi connectivity index (χ1n) is 8.53. The number of benzene rings is 3. The van der Waals surface area contributed by atoms with Gasteiger partial charge >= 0.3 is 0 Å². The van der Waals surface area contributed by atoms with E-state index in [4.69, 9.17) is 4.74 Å². The highest BCUT2D eigenvalue weighted by atomic mass is 32.2. The summed E-state index contributed by atoms with van der Waals surface area (Å²) in [6.45, 7) is 0. The molecule has 0 aliphatic heterocycles. The van der Waals surface area contributed by atoms with Crippen LogP contribution >= 0.6 is 0 Å². The van der Waals surface area contributed by atoms with Crippen molar-refractivity contribution in [3.05, 3.63) is 84.4 Å². The van der Waals surface area contributed by atoms with Crippen LogP contribution in [-0.4, -0.2) is 32.7 Å². The van der Waals surface area contributed by atoms with Gasteiger partial charge in [-0.3, -0.25) is 4.79 Å². The van der Waals surface area contributed by atoms with Crippen molar-refractivity contribution in [1.29, 1.82) is 0 Å². The average molecular weight is 396 g/mol. The second-order valence-corrected chi connectivity index (χ2v) is 8.36. The third-order valence-electron chi connectivity index (χ3n) is 3.97. The van der Waals surface area contributed by atoms with Gasteiger partial charge in [0.15, 0.2) is 0 Å². The largest absolute Gasteiger partial charge is 0.457 e. The molecule has 3 aromatic rings. The van der Waals surface area contributed by atoms with Gasteiger partial charge in [0, 0.05) is 25.3 Å². The van der Waals surface area contributed by atoms with Gasteiger partial charge in [0.2, 0.25) is 10.0 Å². The minimum atomic E-state index is -3.51. The van der Waals surface area contributed by atoms with Crippen LogP contribution in [0.1, 0.15) is 10.4 Å². The van der Waals surface area contributed by atoms with Crippen LogP contribution in [-0.2, 0) is 10.0 Å². The minimum Gasteiger partial charge on any atom is -0.457 e. The predicted molar refractivity (Wildman–Crippen MR) is 108 cm³/mol. The number of hydrogen-bond acceptors (Lipinski definition) is 4. The number of carbonyl (C=O) groups excluding carboxylic acids is 1. The SMILES string of the molecule is CN(C)S(=O)(=O)c1ccc(NC(=O)c2cccc(Oc3ccccc3)c2)cc1. The van der Waals surface area contributed by atoms with Gasteiger partial charge in [0.1, 0.15) is 11.5 Å². The first-order chi connectivity index (χ1) is 13.4. The Bertz CT molecular complexity index is 1060. The van der Waals surface area contributed by atoms with E-state index in [1.54, 1.807) is 36.4 Å². The Kier molecular flexibility index (Phi) is 5.77. The monoisotopic (exact) mass is 396 g/mol. The maximum atomic E-state index is 12.5. The zero-order valence-corrected chi connectivity index (χ0v) is 16.3. The lowest BCUT2D eigenvalue weighted by Crippen LogP contribution is -2.22. The van der Waals surface area contributed by atoms with Gasteiger partial charge in [0.25, 0.3) is 5.91 Å². The molecule has 0 spiro atoms. The number of carbonyl (C=O) groups is 1. The van der Waals surface area contributed by atoms with Gasteiger partial charge < -0.3 is 10.1 Å². The van der Waals surface area contributed by atoms with Gasteiger partial charge in [-0.1, -0.05) is 24.3 Å². The lowest BCUT2D eigenvalue weighted by atomic mass is 10.2. The minimum absolute atomic E-state index is 0.161. The highest BCUT2D eigenvalue weighted by Gasteiger charge is 2.17. The standard InChI is InChI=1S/C21H20N2O4S/c1-23(2)28(25,26)20-13-11-17(12-14-20)22-21(24)16-7-6-10-19(15-16)27-18-8-4-3-5-9-18/h3-15H,1-2H3,(H,22,24). The fraction of sp³-hybridized carbons (Fsp3) is 0.0952. The fourth-order valence-corrected chi connectivity index (χ4v) is 3.35. The topological polar surface area (TPSA) is 75.7 Å². The van der Waals surface area contributed by atoms with Crippen LogP contribution in [0.15, 0.2) is 83.8 Å². The fourth-order valence-electron chi connectivity index (χ4n) is 2.45. The van der Waals surface area contributed by atoms with Gasteiger partial charge in [-0.2, -0.15) is 0 Å². The molecule has 0 heterocycles. The quantitative estimate of drug-likeness (QED) is 0.684. The number of nitrogens with zero attached hydrogens (tertiary/aromatic N) is 1. The van der Waals surface area contributed by atoms with Crippen molar-refractivity contribution in [3.8, 4) is 11.5 Å². The molecule has 0 radical (unpaired) electrons. The van der Waals surface area contributed by atoms with E-state index in [-0.39, 0.29) is 10.8 Å². The molecule has 3 rings (SSSR count). The zero-order valence-electron chi connectivity index (χ0n) is 15.5. The molecule has 6 nitrogen and oxygen atoms in total. The summed E-state index contributed by atoms with van der Waals surface area (Å²) in [4.78, 5) is 12.7. The molecule has 0 saturated carbocycles. The molecule has 144 valence electrons. The summed E-state index contributed by atoms with van der Waals surface area (Å²) in [6.07, 6.45) is 0. The third kappa shape index (κ3) is 4.57. The van der Waals surface area contributed by atoms with Crippen LogP contribution in [0.25, 0.3) is 0 Å². The summed E-state index contributed by atoms with van der Waals surface area (Å²) >= 11 is 0. The summed E-state index contributed by atoms with van der Waals surface area (Å²) in [6, 6.07) is 22.1. The smallest absolute Gasteiger partial charge is 0.255 e. The Labute approximate surface area is 164 Å². The Balaban J connectivity index is 1.72. The van der Waals surface area contributed by atoms with Crippen molar-refractivity contribution in [3.63, 3.8) is 0 Å². The highest BCUT2D eigenvalue weighted by Crippen LogP contribution is 2.23. The van der Waals surface area contributed by atoms with Crippen molar-refractivity contribution >= 4 is 21.6 Å². The Morgan fingerprint density at radius 2 is 1.50 bits per heavy atom. The lowest BCUT2D eigenvalue weighted by molar-refractivity contribution is 0.102. The number of amides is 1. The number of rotatable bonds is 6. The Morgan fingerprint density at radius 1 is 0.857 bits per heavy atom. The molecule has 1 N–H and O–H groups in total. The summed E-state index contributed by atoms with van der Waals surface area (Å²) in [7, 11) is -0.570. The van der Waals surface area contributed by atoms with E-state index < -0.39 is 10.0 Å². The van der Waals surface area contributed by atoms with E-state index in [1.807, 2.05) is 30.3 Å². The second kappa shape index (κ2) is 8.24. The maximum Gasteiger partial charge on any atom is 0.255 e. The number of para-hydroxylation sites is 1. The van der Waals surface area contributed by atoms with E-state index in [0.29, 0.717) is 22.7 Å². The molecule has 7 heteroatoms. The van der Waals surface area contributed by atoms with Crippen LogP contribution in [0.2, 0.25) is 0 Å². The molecular weight excluding hydrogens is 376 g/mol. The van der Waals surface area contributed by atoms with Crippen molar-refractivity contribution < 1.29 is 17.9 Å². The normalized spacial score (nSPS) is 11.2. The molecule has 0 aliphatic carbocycles. The van der Waals surface area contributed by atoms with Gasteiger partial charge in [0.05, 0.1) is 4.90 Å². The van der Waals surface area contributed by atoms with Crippen LogP contribution in [0.4, 0.5) is 5.69 Å². The van der Waals surface area contributed by atoms with Crippen LogP contribution in [0.3, 0.4) is 0 Å². The Hall–Kier alpha value is -3.16. The molecular formula is C21H20N2O4S. The van der Waals surface area contributed by atoms with E-state index in [0.717, 1.165) is 4.31 Å². The molecule has 0 saturated heterocycles. The van der Waals surface area contributed by atoms with Gasteiger partial charge in [-0.15, -0.1) is 0 Å². The first kappa shape index (κ1) is 19.6. The molecule has 0 atom stereocenters. The summed E-state index contributed by atoms with van der Waals surface area (Å²) in [5.41, 5.74) is 0.926. The lowest BCUT2D eigenvalue weighted by Gasteiger charge is -2.12. The summed E-state index contributed by atoms with van der Waals surface area (Å²) in [5, 5.41) is 2.75. The third-order valence-corrected chi connectivity index (χ3v) is 5.80. The van der Waals surface area contributed by atoms with Crippen molar-refractivity contribution in [2.45, 2.75) is 4.90 Å². The number of anilines is 1. The zero-order chi connectivity index (χ0) is 20.1. The van der Waals surface area contributed by atoms with Crippen LogP contribution < -0.4 is 10.1 Å². The molecule has 3 aromatic carbocycles. The molecule has 1 amide bonds. The van der Waals surface area contributed by atoms with Gasteiger partial charge in [-0.25, -0.2) is 12.7 Å². The van der Waals surface area contributed by atoms with E-state index in [1.165, 1.54) is 26.2 Å². The van der Waals surface area contributed by atoms with E-state index >= 15 is 0 Å². The highest BCUT2D eigenvalue weighted by molar-refractivity contribution is 7.89. The van der Waals surface area contributed by atoms with Crippen molar-refractivity contribution in [2.24, 2.45) is 0 Å².